The fourth-order valence-electron chi connectivity index (χ4n) is 4.20. The van der Waals surface area contributed by atoms with Gasteiger partial charge in [-0.3, -0.25) is 4.79 Å². The van der Waals surface area contributed by atoms with Gasteiger partial charge in [0.05, 0.1) is 19.1 Å². The molecule has 1 aliphatic heterocycles. The first-order valence-electron chi connectivity index (χ1n) is 10.2. The molecule has 2 aromatic rings. The van der Waals surface area contributed by atoms with Crippen LogP contribution in [0, 0.1) is 13.8 Å². The first-order chi connectivity index (χ1) is 13.9. The zero-order valence-electron chi connectivity index (χ0n) is 17.9. The van der Waals surface area contributed by atoms with Gasteiger partial charge in [0.2, 0.25) is 11.8 Å². The van der Waals surface area contributed by atoms with Gasteiger partial charge in [-0.05, 0) is 57.6 Å². The summed E-state index contributed by atoms with van der Waals surface area (Å²) in [5.41, 5.74) is 3.71. The third-order valence-electron chi connectivity index (χ3n) is 5.69. The molecule has 0 aliphatic carbocycles. The Morgan fingerprint density at radius 1 is 1.24 bits per heavy atom. The molecule has 3 heterocycles. The number of carbonyl (C=O) groups excluding carboxylic acids is 2. The van der Waals surface area contributed by atoms with Crippen molar-refractivity contribution >= 4 is 22.9 Å². The van der Waals surface area contributed by atoms with Crippen molar-refractivity contribution in [2.75, 3.05) is 20.3 Å². The number of amides is 1. The second kappa shape index (κ2) is 8.80. The Morgan fingerprint density at radius 2 is 2.00 bits per heavy atom. The van der Waals surface area contributed by atoms with E-state index in [1.54, 1.807) is 23.6 Å². The number of aromatic nitrogens is 3. The highest BCUT2D eigenvalue weighted by atomic mass is 16.5. The number of likely N-dealkylation sites (tertiary alicyclic amines) is 1. The average molecular weight is 402 g/mol. The van der Waals surface area contributed by atoms with E-state index in [4.69, 9.17) is 9.47 Å². The smallest absolute Gasteiger partial charge is 0.328 e. The van der Waals surface area contributed by atoms with Crippen LogP contribution < -0.4 is 4.74 Å². The maximum atomic E-state index is 13.0. The van der Waals surface area contributed by atoms with E-state index in [2.05, 4.69) is 10.1 Å². The molecule has 0 aromatic carbocycles. The molecule has 3 rings (SSSR count). The minimum Gasteiger partial charge on any atom is -0.479 e. The van der Waals surface area contributed by atoms with Crippen molar-refractivity contribution in [1.82, 2.24) is 19.7 Å². The lowest BCUT2D eigenvalue weighted by Crippen LogP contribution is -2.48. The molecule has 0 N–H and O–H groups in total. The van der Waals surface area contributed by atoms with Gasteiger partial charge in [0.25, 0.3) is 0 Å². The number of hydrogen-bond donors (Lipinski definition) is 0. The lowest BCUT2D eigenvalue weighted by Gasteiger charge is -2.34. The Labute approximate surface area is 171 Å². The van der Waals surface area contributed by atoms with Gasteiger partial charge in [-0.1, -0.05) is 0 Å². The molecule has 1 unspecified atom stereocenters. The summed E-state index contributed by atoms with van der Waals surface area (Å²) in [6, 6.07) is -0.461. The predicted molar refractivity (Wildman–Crippen MR) is 109 cm³/mol. The number of aryl methyl sites for hydroxylation is 3. The maximum absolute atomic E-state index is 13.0. The van der Waals surface area contributed by atoms with E-state index < -0.39 is 6.04 Å². The first kappa shape index (κ1) is 21.1. The number of pyridine rings is 1. The molecule has 8 nitrogen and oxygen atoms in total. The van der Waals surface area contributed by atoms with Crippen molar-refractivity contribution in [3.63, 3.8) is 0 Å². The third kappa shape index (κ3) is 4.06. The highest BCUT2D eigenvalue weighted by Crippen LogP contribution is 2.30. The molecule has 0 bridgehead atoms. The van der Waals surface area contributed by atoms with Crippen molar-refractivity contribution in [3.8, 4) is 5.88 Å². The Bertz CT molecular complexity index is 921. The molecule has 8 heteroatoms. The summed E-state index contributed by atoms with van der Waals surface area (Å²) in [5.74, 6) is 0.231. The molecular weight excluding hydrogens is 372 g/mol. The zero-order chi connectivity index (χ0) is 21.1. The number of methoxy groups -OCH3 is 1. The predicted octanol–water partition coefficient (Wildman–Crippen LogP) is 2.47. The molecule has 0 radical (unpaired) electrons. The quantitative estimate of drug-likeness (QED) is 0.690. The highest BCUT2D eigenvalue weighted by Gasteiger charge is 2.33. The van der Waals surface area contributed by atoms with Crippen molar-refractivity contribution in [2.24, 2.45) is 7.05 Å². The van der Waals surface area contributed by atoms with E-state index in [9.17, 15) is 9.59 Å². The van der Waals surface area contributed by atoms with Gasteiger partial charge in [0, 0.05) is 25.7 Å². The molecule has 1 fully saturated rings. The van der Waals surface area contributed by atoms with Crippen LogP contribution in [-0.2, 0) is 27.8 Å². The van der Waals surface area contributed by atoms with E-state index in [0.717, 1.165) is 40.7 Å². The Kier molecular flexibility index (Phi) is 6.39. The van der Waals surface area contributed by atoms with Gasteiger partial charge in [0.15, 0.2) is 5.65 Å². The molecular formula is C21H30N4O4. The van der Waals surface area contributed by atoms with Crippen LogP contribution in [0.15, 0.2) is 0 Å². The maximum Gasteiger partial charge on any atom is 0.328 e. The van der Waals surface area contributed by atoms with Crippen LogP contribution in [0.25, 0.3) is 11.0 Å². The lowest BCUT2D eigenvalue weighted by atomic mass is 9.98. The van der Waals surface area contributed by atoms with Crippen LogP contribution in [0.4, 0.5) is 0 Å². The minimum atomic E-state index is -0.461. The van der Waals surface area contributed by atoms with Crippen molar-refractivity contribution < 1.29 is 19.1 Å². The third-order valence-corrected chi connectivity index (χ3v) is 5.69. The summed E-state index contributed by atoms with van der Waals surface area (Å²) in [4.78, 5) is 31.6. The summed E-state index contributed by atoms with van der Waals surface area (Å²) in [6.07, 6.45) is 3.41. The molecule has 1 amide bonds. The monoisotopic (exact) mass is 402 g/mol. The molecule has 1 saturated heterocycles. The topological polar surface area (TPSA) is 86.6 Å². The van der Waals surface area contributed by atoms with Gasteiger partial charge < -0.3 is 14.4 Å². The van der Waals surface area contributed by atoms with E-state index in [-0.39, 0.29) is 11.9 Å². The normalized spacial score (nSPS) is 16.9. The van der Waals surface area contributed by atoms with Crippen LogP contribution in [0.5, 0.6) is 5.88 Å². The van der Waals surface area contributed by atoms with Crippen molar-refractivity contribution in [3.05, 3.63) is 16.8 Å². The highest BCUT2D eigenvalue weighted by molar-refractivity contribution is 5.87. The summed E-state index contributed by atoms with van der Waals surface area (Å²) in [7, 11) is 3.43. The molecule has 29 heavy (non-hydrogen) atoms. The summed E-state index contributed by atoms with van der Waals surface area (Å²) >= 11 is 0. The fraction of sp³-hybridized carbons (Fsp3) is 0.619. The van der Waals surface area contributed by atoms with Crippen LogP contribution in [0.2, 0.25) is 0 Å². The van der Waals surface area contributed by atoms with Gasteiger partial charge in [0.1, 0.15) is 6.04 Å². The number of carbonyl (C=O) groups is 2. The molecule has 2 aromatic heterocycles. The van der Waals surface area contributed by atoms with Crippen LogP contribution in [0.3, 0.4) is 0 Å². The first-order valence-corrected chi connectivity index (χ1v) is 10.2. The standard InChI is InChI=1S/C21H30N4O4/c1-6-29-21(27)16-9-7-8-12-25(16)17(26)11-10-15-13(2)18-19(22-14(15)3)24(4)23-20(18)28-5/h16H,6-12H2,1-5H3. The SMILES string of the molecule is CCOC(=O)C1CCCCN1C(=O)CCc1c(C)nc2c(c(OC)nn2C)c1C. The zero-order valence-corrected chi connectivity index (χ0v) is 17.9. The summed E-state index contributed by atoms with van der Waals surface area (Å²) < 4.78 is 12.3. The summed E-state index contributed by atoms with van der Waals surface area (Å²) in [5, 5.41) is 5.25. The number of ether oxygens (including phenoxy) is 2. The number of esters is 1. The minimum absolute atomic E-state index is 0.0141. The number of hydrogen-bond acceptors (Lipinski definition) is 6. The second-order valence-electron chi connectivity index (χ2n) is 7.48. The molecule has 0 saturated carbocycles. The molecule has 0 spiro atoms. The van der Waals surface area contributed by atoms with Crippen molar-refractivity contribution in [1.29, 1.82) is 0 Å². The Hall–Kier alpha value is -2.64. The van der Waals surface area contributed by atoms with Gasteiger partial charge in [-0.25, -0.2) is 14.5 Å². The van der Waals surface area contributed by atoms with E-state index in [1.807, 2.05) is 20.9 Å². The van der Waals surface area contributed by atoms with Gasteiger partial charge in [-0.15, -0.1) is 5.10 Å². The number of fused-ring (bicyclic) bond motifs is 1. The van der Waals surface area contributed by atoms with Crippen LogP contribution in [0.1, 0.15) is 49.4 Å². The lowest BCUT2D eigenvalue weighted by molar-refractivity contribution is -0.156. The molecule has 1 atom stereocenters. The number of rotatable bonds is 6. The summed E-state index contributed by atoms with van der Waals surface area (Å²) in [6.45, 7) is 6.69. The second-order valence-corrected chi connectivity index (χ2v) is 7.48. The average Bonchev–Trinajstić information content (AvgIpc) is 3.03. The molecule has 1 aliphatic rings. The van der Waals surface area contributed by atoms with E-state index >= 15 is 0 Å². The Balaban J connectivity index is 1.80. The number of piperidine rings is 1. The van der Waals surface area contributed by atoms with Gasteiger partial charge >= 0.3 is 5.97 Å². The molecule has 158 valence electrons. The van der Waals surface area contributed by atoms with Crippen LogP contribution in [-0.4, -0.2) is 57.8 Å². The Morgan fingerprint density at radius 3 is 2.69 bits per heavy atom. The van der Waals surface area contributed by atoms with E-state index in [0.29, 0.717) is 38.3 Å². The van der Waals surface area contributed by atoms with Gasteiger partial charge in [-0.2, -0.15) is 0 Å². The largest absolute Gasteiger partial charge is 0.479 e. The number of nitrogens with zero attached hydrogens (tertiary/aromatic N) is 4. The fourth-order valence-corrected chi connectivity index (χ4v) is 4.20. The van der Waals surface area contributed by atoms with Crippen LogP contribution >= 0.6 is 0 Å². The van der Waals surface area contributed by atoms with Crippen molar-refractivity contribution in [2.45, 2.75) is 58.9 Å². The van der Waals surface area contributed by atoms with E-state index in [1.165, 1.54) is 0 Å².